The van der Waals surface area contributed by atoms with E-state index in [0.717, 1.165) is 6.42 Å². The van der Waals surface area contributed by atoms with Crippen molar-refractivity contribution in [1.82, 2.24) is 5.32 Å². The van der Waals surface area contributed by atoms with E-state index in [0.29, 0.717) is 25.3 Å². The fourth-order valence-corrected chi connectivity index (χ4v) is 1.84. The van der Waals surface area contributed by atoms with E-state index >= 15 is 0 Å². The van der Waals surface area contributed by atoms with Crippen LogP contribution in [0.3, 0.4) is 0 Å². The number of hydrogen-bond acceptors (Lipinski definition) is 3. The highest BCUT2D eigenvalue weighted by Gasteiger charge is 2.19. The van der Waals surface area contributed by atoms with Gasteiger partial charge in [-0.1, -0.05) is 0 Å². The molecular formula is C12H15FN2O2. The number of anilines is 1. The van der Waals surface area contributed by atoms with Crippen LogP contribution in [0.1, 0.15) is 12.8 Å². The molecule has 1 aliphatic heterocycles. The summed E-state index contributed by atoms with van der Waals surface area (Å²) in [4.78, 5) is 11.1. The summed E-state index contributed by atoms with van der Waals surface area (Å²) < 4.78 is 18.8. The molecule has 1 aromatic carbocycles. The van der Waals surface area contributed by atoms with E-state index in [2.05, 4.69) is 5.32 Å². The number of rotatable bonds is 3. The molecule has 1 aromatic rings. The SMILES string of the molecule is Nc1ccc(OCC2CCNC(=O)C2)c(F)c1. The van der Waals surface area contributed by atoms with Gasteiger partial charge in [-0.05, 0) is 18.6 Å². The third-order valence-electron chi connectivity index (χ3n) is 2.78. The maximum atomic E-state index is 13.4. The second-order valence-electron chi connectivity index (χ2n) is 4.21. The molecule has 1 fully saturated rings. The molecule has 0 aliphatic carbocycles. The summed E-state index contributed by atoms with van der Waals surface area (Å²) in [6, 6.07) is 4.32. The number of ether oxygens (including phenoxy) is 1. The number of nitrogens with one attached hydrogen (secondary N) is 1. The third kappa shape index (κ3) is 3.09. The lowest BCUT2D eigenvalue weighted by Crippen LogP contribution is -2.35. The van der Waals surface area contributed by atoms with Gasteiger partial charge in [0.1, 0.15) is 0 Å². The largest absolute Gasteiger partial charge is 0.490 e. The molecule has 1 unspecified atom stereocenters. The van der Waals surface area contributed by atoms with Crippen molar-refractivity contribution in [2.75, 3.05) is 18.9 Å². The first kappa shape index (κ1) is 11.7. The lowest BCUT2D eigenvalue weighted by molar-refractivity contribution is -0.123. The number of nitrogens with two attached hydrogens (primary N) is 1. The van der Waals surface area contributed by atoms with Gasteiger partial charge >= 0.3 is 0 Å². The van der Waals surface area contributed by atoms with Gasteiger partial charge in [0.15, 0.2) is 11.6 Å². The monoisotopic (exact) mass is 238 g/mol. The zero-order valence-electron chi connectivity index (χ0n) is 9.41. The lowest BCUT2D eigenvalue weighted by Gasteiger charge is -2.22. The Labute approximate surface area is 98.9 Å². The van der Waals surface area contributed by atoms with Gasteiger partial charge in [-0.15, -0.1) is 0 Å². The molecular weight excluding hydrogens is 223 g/mol. The minimum atomic E-state index is -0.467. The molecule has 0 spiro atoms. The van der Waals surface area contributed by atoms with E-state index in [9.17, 15) is 9.18 Å². The summed E-state index contributed by atoms with van der Waals surface area (Å²) in [5.74, 6) is -0.0984. The Morgan fingerprint density at radius 1 is 1.53 bits per heavy atom. The van der Waals surface area contributed by atoms with Gasteiger partial charge in [-0.25, -0.2) is 4.39 Å². The smallest absolute Gasteiger partial charge is 0.220 e. The fraction of sp³-hybridized carbons (Fsp3) is 0.417. The first-order valence-corrected chi connectivity index (χ1v) is 5.59. The number of amides is 1. The summed E-state index contributed by atoms with van der Waals surface area (Å²) in [7, 11) is 0. The molecule has 0 bridgehead atoms. The normalized spacial score (nSPS) is 19.8. The first-order valence-electron chi connectivity index (χ1n) is 5.59. The number of hydrogen-bond donors (Lipinski definition) is 2. The number of halogens is 1. The van der Waals surface area contributed by atoms with Crippen LogP contribution < -0.4 is 15.8 Å². The van der Waals surface area contributed by atoms with Gasteiger partial charge < -0.3 is 15.8 Å². The molecule has 3 N–H and O–H groups in total. The van der Waals surface area contributed by atoms with Crippen LogP contribution >= 0.6 is 0 Å². The van der Waals surface area contributed by atoms with Crippen LogP contribution in [0.15, 0.2) is 18.2 Å². The average molecular weight is 238 g/mol. The highest BCUT2D eigenvalue weighted by molar-refractivity contribution is 5.76. The van der Waals surface area contributed by atoms with Gasteiger partial charge in [0.25, 0.3) is 0 Å². The molecule has 0 aromatic heterocycles. The Kier molecular flexibility index (Phi) is 3.46. The Balaban J connectivity index is 1.91. The molecule has 92 valence electrons. The summed E-state index contributed by atoms with van der Waals surface area (Å²) in [6.07, 6.45) is 1.30. The molecule has 4 nitrogen and oxygen atoms in total. The van der Waals surface area contributed by atoms with E-state index in [1.54, 1.807) is 6.07 Å². The highest BCUT2D eigenvalue weighted by atomic mass is 19.1. The zero-order valence-corrected chi connectivity index (χ0v) is 9.41. The Morgan fingerprint density at radius 3 is 3.06 bits per heavy atom. The van der Waals surface area contributed by atoms with Gasteiger partial charge in [-0.3, -0.25) is 4.79 Å². The molecule has 2 rings (SSSR count). The topological polar surface area (TPSA) is 64.3 Å². The van der Waals surface area contributed by atoms with Crippen molar-refractivity contribution < 1.29 is 13.9 Å². The van der Waals surface area contributed by atoms with E-state index in [-0.39, 0.29) is 17.6 Å². The van der Waals surface area contributed by atoms with Crippen LogP contribution in [0.25, 0.3) is 0 Å². The quantitative estimate of drug-likeness (QED) is 0.780. The maximum absolute atomic E-state index is 13.4. The van der Waals surface area contributed by atoms with Gasteiger partial charge in [0.05, 0.1) is 6.61 Å². The van der Waals surface area contributed by atoms with Crippen molar-refractivity contribution >= 4 is 11.6 Å². The minimum Gasteiger partial charge on any atom is -0.490 e. The van der Waals surface area contributed by atoms with Gasteiger partial charge in [0.2, 0.25) is 5.91 Å². The Morgan fingerprint density at radius 2 is 2.35 bits per heavy atom. The van der Waals surface area contributed by atoms with Crippen molar-refractivity contribution in [2.24, 2.45) is 5.92 Å². The molecule has 1 heterocycles. The van der Waals surface area contributed by atoms with Crippen LogP contribution in [0.5, 0.6) is 5.75 Å². The lowest BCUT2D eigenvalue weighted by atomic mass is 9.99. The third-order valence-corrected chi connectivity index (χ3v) is 2.78. The second kappa shape index (κ2) is 5.03. The molecule has 1 amide bonds. The van der Waals surface area contributed by atoms with Crippen LogP contribution in [-0.2, 0) is 4.79 Å². The van der Waals surface area contributed by atoms with Crippen LogP contribution in [0.2, 0.25) is 0 Å². The summed E-state index contributed by atoms with van der Waals surface area (Å²) in [6.45, 7) is 1.02. The van der Waals surface area contributed by atoms with Crippen LogP contribution in [0, 0.1) is 11.7 Å². The molecule has 1 saturated heterocycles. The van der Waals surface area contributed by atoms with E-state index in [4.69, 9.17) is 10.5 Å². The van der Waals surface area contributed by atoms with Gasteiger partial charge in [0, 0.05) is 30.6 Å². The van der Waals surface area contributed by atoms with Gasteiger partial charge in [-0.2, -0.15) is 0 Å². The predicted octanol–water partition coefficient (Wildman–Crippen LogP) is 1.31. The van der Waals surface area contributed by atoms with E-state index in [1.807, 2.05) is 0 Å². The van der Waals surface area contributed by atoms with Crippen molar-refractivity contribution in [1.29, 1.82) is 0 Å². The highest BCUT2D eigenvalue weighted by Crippen LogP contribution is 2.21. The molecule has 0 radical (unpaired) electrons. The first-order chi connectivity index (χ1) is 8.15. The van der Waals surface area contributed by atoms with E-state index < -0.39 is 5.82 Å². The molecule has 1 atom stereocenters. The Bertz CT molecular complexity index is 423. The summed E-state index contributed by atoms with van der Waals surface area (Å²) >= 11 is 0. The van der Waals surface area contributed by atoms with Crippen molar-refractivity contribution in [3.05, 3.63) is 24.0 Å². The van der Waals surface area contributed by atoms with Crippen LogP contribution in [-0.4, -0.2) is 19.1 Å². The standard InChI is InChI=1S/C12H15FN2O2/c13-10-6-9(14)1-2-11(10)17-7-8-3-4-15-12(16)5-8/h1-2,6,8H,3-5,7,14H2,(H,15,16). The van der Waals surface area contributed by atoms with Crippen molar-refractivity contribution in [2.45, 2.75) is 12.8 Å². The number of carbonyl (C=O) groups excluding carboxylic acids is 1. The van der Waals surface area contributed by atoms with Crippen molar-refractivity contribution in [3.8, 4) is 5.75 Å². The Hall–Kier alpha value is -1.78. The molecule has 5 heteroatoms. The molecule has 17 heavy (non-hydrogen) atoms. The maximum Gasteiger partial charge on any atom is 0.220 e. The number of benzene rings is 1. The summed E-state index contributed by atoms with van der Waals surface area (Å²) in [5, 5.41) is 2.74. The number of carbonyl (C=O) groups is 1. The molecule has 1 aliphatic rings. The summed E-state index contributed by atoms with van der Waals surface area (Å²) in [5.41, 5.74) is 5.80. The number of piperidine rings is 1. The minimum absolute atomic E-state index is 0.0302. The van der Waals surface area contributed by atoms with Crippen LogP contribution in [0.4, 0.5) is 10.1 Å². The zero-order chi connectivity index (χ0) is 12.3. The second-order valence-corrected chi connectivity index (χ2v) is 4.21. The fourth-order valence-electron chi connectivity index (χ4n) is 1.84. The van der Waals surface area contributed by atoms with E-state index in [1.165, 1.54) is 12.1 Å². The number of nitrogen functional groups attached to an aromatic ring is 1. The molecule has 0 saturated carbocycles. The average Bonchev–Trinajstić information content (AvgIpc) is 2.28. The van der Waals surface area contributed by atoms with Crippen molar-refractivity contribution in [3.63, 3.8) is 0 Å². The predicted molar refractivity (Wildman–Crippen MR) is 62.0 cm³/mol.